The Bertz CT molecular complexity index is 807. The second-order valence-electron chi connectivity index (χ2n) is 8.10. The van der Waals surface area contributed by atoms with Crippen molar-refractivity contribution in [2.75, 3.05) is 32.6 Å². The summed E-state index contributed by atoms with van der Waals surface area (Å²) >= 11 is 6.01. The van der Waals surface area contributed by atoms with Crippen molar-refractivity contribution >= 4 is 23.0 Å². The van der Waals surface area contributed by atoms with Crippen LogP contribution in [-0.4, -0.2) is 48.2 Å². The molecule has 0 aromatic heterocycles. The standard InChI is InChI=1S/C25H35N3OS/c1-5-20-8-7-9-21(6-2)24(20)26-25(30)28(22-14-16-27(3)17-15-22)18-19-10-12-23(29-4)13-11-19/h7-13,22H,5-6,14-18H2,1-4H3,(H,26,30). The number of nitrogens with zero attached hydrogens (tertiary/aromatic N) is 2. The third-order valence-corrected chi connectivity index (χ3v) is 6.47. The molecule has 0 spiro atoms. The zero-order valence-electron chi connectivity index (χ0n) is 18.8. The summed E-state index contributed by atoms with van der Waals surface area (Å²) < 4.78 is 5.32. The Morgan fingerprint density at radius 3 is 2.20 bits per heavy atom. The van der Waals surface area contributed by atoms with E-state index < -0.39 is 0 Å². The van der Waals surface area contributed by atoms with E-state index in [9.17, 15) is 0 Å². The number of methoxy groups -OCH3 is 1. The summed E-state index contributed by atoms with van der Waals surface area (Å²) in [6, 6.07) is 15.3. The Morgan fingerprint density at radius 1 is 1.07 bits per heavy atom. The topological polar surface area (TPSA) is 27.7 Å². The van der Waals surface area contributed by atoms with E-state index in [1.165, 1.54) is 22.4 Å². The van der Waals surface area contributed by atoms with Crippen molar-refractivity contribution in [1.82, 2.24) is 9.80 Å². The van der Waals surface area contributed by atoms with Gasteiger partial charge in [-0.3, -0.25) is 0 Å². The van der Waals surface area contributed by atoms with E-state index in [2.05, 4.69) is 66.3 Å². The molecule has 0 aliphatic carbocycles. The second kappa shape index (κ2) is 10.8. The zero-order valence-corrected chi connectivity index (χ0v) is 19.6. The number of likely N-dealkylation sites (tertiary alicyclic amines) is 1. The van der Waals surface area contributed by atoms with Crippen LogP contribution >= 0.6 is 12.2 Å². The van der Waals surface area contributed by atoms with Gasteiger partial charge in [0.15, 0.2) is 5.11 Å². The van der Waals surface area contributed by atoms with Gasteiger partial charge in [0.05, 0.1) is 7.11 Å². The minimum atomic E-state index is 0.446. The normalized spacial score (nSPS) is 15.1. The van der Waals surface area contributed by atoms with Crippen LogP contribution in [0.15, 0.2) is 42.5 Å². The van der Waals surface area contributed by atoms with E-state index in [0.29, 0.717) is 6.04 Å². The molecular formula is C25H35N3OS. The first kappa shape index (κ1) is 22.6. The average molecular weight is 426 g/mol. The fourth-order valence-electron chi connectivity index (χ4n) is 4.18. The van der Waals surface area contributed by atoms with Crippen LogP contribution in [0.4, 0.5) is 5.69 Å². The number of anilines is 1. The van der Waals surface area contributed by atoms with Gasteiger partial charge in [0.25, 0.3) is 0 Å². The number of thiocarbonyl (C=S) groups is 1. The predicted octanol–water partition coefficient (Wildman–Crippen LogP) is 5.11. The van der Waals surface area contributed by atoms with Crippen LogP contribution < -0.4 is 10.1 Å². The Kier molecular flexibility index (Phi) is 8.11. The molecule has 0 radical (unpaired) electrons. The molecule has 162 valence electrons. The fourth-order valence-corrected chi connectivity index (χ4v) is 4.50. The van der Waals surface area contributed by atoms with Gasteiger partial charge in [-0.15, -0.1) is 0 Å². The quantitative estimate of drug-likeness (QED) is 0.622. The van der Waals surface area contributed by atoms with Gasteiger partial charge in [0.1, 0.15) is 5.75 Å². The van der Waals surface area contributed by atoms with Crippen LogP contribution in [0.5, 0.6) is 5.75 Å². The van der Waals surface area contributed by atoms with E-state index in [1.54, 1.807) is 7.11 Å². The molecule has 2 aromatic rings. The van der Waals surface area contributed by atoms with Crippen LogP contribution in [0, 0.1) is 0 Å². The number of nitrogens with one attached hydrogen (secondary N) is 1. The molecule has 4 nitrogen and oxygen atoms in total. The van der Waals surface area contributed by atoms with Gasteiger partial charge in [-0.1, -0.05) is 44.2 Å². The molecule has 1 saturated heterocycles. The summed E-state index contributed by atoms with van der Waals surface area (Å²) in [6.07, 6.45) is 4.24. The van der Waals surface area contributed by atoms with Gasteiger partial charge in [0, 0.05) is 18.3 Å². The Hall–Kier alpha value is -2.11. The average Bonchev–Trinajstić information content (AvgIpc) is 2.78. The van der Waals surface area contributed by atoms with Gasteiger partial charge in [-0.05, 0) is 86.9 Å². The Morgan fingerprint density at radius 2 is 1.67 bits per heavy atom. The minimum Gasteiger partial charge on any atom is -0.497 e. The largest absolute Gasteiger partial charge is 0.497 e. The summed E-state index contributed by atoms with van der Waals surface area (Å²) in [5.41, 5.74) is 5.09. The number of benzene rings is 2. The molecule has 1 heterocycles. The molecular weight excluding hydrogens is 390 g/mol. The van der Waals surface area contributed by atoms with E-state index in [-0.39, 0.29) is 0 Å². The lowest BCUT2D eigenvalue weighted by Crippen LogP contribution is -2.47. The van der Waals surface area contributed by atoms with Gasteiger partial charge in [-0.2, -0.15) is 0 Å². The molecule has 0 unspecified atom stereocenters. The Labute approximate surface area is 187 Å². The number of rotatable bonds is 7. The summed E-state index contributed by atoms with van der Waals surface area (Å²) in [7, 11) is 3.90. The highest BCUT2D eigenvalue weighted by molar-refractivity contribution is 7.80. The highest BCUT2D eigenvalue weighted by Gasteiger charge is 2.26. The predicted molar refractivity (Wildman–Crippen MR) is 130 cm³/mol. The third kappa shape index (κ3) is 5.52. The van der Waals surface area contributed by atoms with Crippen LogP contribution in [-0.2, 0) is 19.4 Å². The monoisotopic (exact) mass is 425 g/mol. The summed E-state index contributed by atoms with van der Waals surface area (Å²) in [4.78, 5) is 4.80. The number of ether oxygens (including phenoxy) is 1. The first-order valence-corrected chi connectivity index (χ1v) is 11.5. The first-order valence-electron chi connectivity index (χ1n) is 11.1. The SMILES string of the molecule is CCc1cccc(CC)c1NC(=S)N(Cc1ccc(OC)cc1)C1CCN(C)CC1. The van der Waals surface area contributed by atoms with E-state index in [0.717, 1.165) is 56.2 Å². The lowest BCUT2D eigenvalue weighted by molar-refractivity contribution is 0.173. The van der Waals surface area contributed by atoms with Crippen molar-refractivity contribution in [3.8, 4) is 5.75 Å². The number of piperidine rings is 1. The van der Waals surface area contributed by atoms with Crippen molar-refractivity contribution in [2.24, 2.45) is 0 Å². The molecule has 5 heteroatoms. The molecule has 0 amide bonds. The molecule has 1 fully saturated rings. The fraction of sp³-hybridized carbons (Fsp3) is 0.480. The number of hydrogen-bond acceptors (Lipinski definition) is 3. The van der Waals surface area contributed by atoms with E-state index >= 15 is 0 Å². The minimum absolute atomic E-state index is 0.446. The van der Waals surface area contributed by atoms with Crippen molar-refractivity contribution in [3.05, 3.63) is 59.2 Å². The molecule has 3 rings (SSSR count). The number of hydrogen-bond donors (Lipinski definition) is 1. The van der Waals surface area contributed by atoms with Crippen LogP contribution in [0.3, 0.4) is 0 Å². The van der Waals surface area contributed by atoms with Gasteiger partial charge >= 0.3 is 0 Å². The van der Waals surface area contributed by atoms with Crippen LogP contribution in [0.1, 0.15) is 43.4 Å². The van der Waals surface area contributed by atoms with Crippen molar-refractivity contribution in [2.45, 2.75) is 52.1 Å². The number of para-hydroxylation sites is 1. The molecule has 30 heavy (non-hydrogen) atoms. The van der Waals surface area contributed by atoms with Crippen molar-refractivity contribution in [1.29, 1.82) is 0 Å². The molecule has 0 bridgehead atoms. The summed E-state index contributed by atoms with van der Waals surface area (Å²) in [5, 5.41) is 4.48. The first-order chi connectivity index (χ1) is 14.5. The summed E-state index contributed by atoms with van der Waals surface area (Å²) in [6.45, 7) is 7.43. The molecule has 1 aliphatic rings. The number of aryl methyl sites for hydroxylation is 2. The maximum Gasteiger partial charge on any atom is 0.173 e. The van der Waals surface area contributed by atoms with Crippen molar-refractivity contribution < 1.29 is 4.74 Å². The second-order valence-corrected chi connectivity index (χ2v) is 8.49. The smallest absolute Gasteiger partial charge is 0.173 e. The maximum atomic E-state index is 6.01. The lowest BCUT2D eigenvalue weighted by Gasteiger charge is -2.39. The molecule has 2 aromatic carbocycles. The molecule has 1 aliphatic heterocycles. The van der Waals surface area contributed by atoms with E-state index in [4.69, 9.17) is 17.0 Å². The molecule has 0 atom stereocenters. The highest BCUT2D eigenvalue weighted by atomic mass is 32.1. The van der Waals surface area contributed by atoms with Gasteiger partial charge in [0.2, 0.25) is 0 Å². The molecule has 0 saturated carbocycles. The maximum absolute atomic E-state index is 6.01. The lowest BCUT2D eigenvalue weighted by atomic mass is 10.0. The Balaban J connectivity index is 1.84. The van der Waals surface area contributed by atoms with E-state index in [1.807, 2.05) is 12.1 Å². The van der Waals surface area contributed by atoms with Gasteiger partial charge in [-0.25, -0.2) is 0 Å². The molecule has 1 N–H and O–H groups in total. The summed E-state index contributed by atoms with van der Waals surface area (Å²) in [5.74, 6) is 0.884. The zero-order chi connectivity index (χ0) is 21.5. The van der Waals surface area contributed by atoms with Crippen molar-refractivity contribution in [3.63, 3.8) is 0 Å². The van der Waals surface area contributed by atoms with Gasteiger partial charge < -0.3 is 19.9 Å². The van der Waals surface area contributed by atoms with Crippen LogP contribution in [0.2, 0.25) is 0 Å². The highest BCUT2D eigenvalue weighted by Crippen LogP contribution is 2.26. The van der Waals surface area contributed by atoms with Crippen LogP contribution in [0.25, 0.3) is 0 Å². The third-order valence-electron chi connectivity index (χ3n) is 6.13.